The lowest BCUT2D eigenvalue weighted by Gasteiger charge is -2.21. The number of nitrogens with two attached hydrogens (primary N) is 1. The molecule has 1 aromatic heterocycles. The molecule has 134 valence electrons. The predicted molar refractivity (Wildman–Crippen MR) is 100 cm³/mol. The van der Waals surface area contributed by atoms with Gasteiger partial charge in [0.15, 0.2) is 5.69 Å². The summed E-state index contributed by atoms with van der Waals surface area (Å²) in [6.07, 6.45) is 2.45. The number of aromatic nitrogens is 3. The first kappa shape index (κ1) is 17.8. The third-order valence-corrected chi connectivity index (χ3v) is 4.08. The van der Waals surface area contributed by atoms with Crippen molar-refractivity contribution in [1.82, 2.24) is 19.9 Å². The van der Waals surface area contributed by atoms with Crippen LogP contribution in [0.1, 0.15) is 28.0 Å². The Morgan fingerprint density at radius 2 is 1.65 bits per heavy atom. The normalized spacial score (nSPS) is 10.7. The summed E-state index contributed by atoms with van der Waals surface area (Å²) in [7, 11) is 0. The van der Waals surface area contributed by atoms with E-state index >= 15 is 0 Å². The van der Waals surface area contributed by atoms with Crippen LogP contribution in [0.15, 0.2) is 66.9 Å². The average Bonchev–Trinajstić information content (AvgIpc) is 3.14. The quantitative estimate of drug-likeness (QED) is 0.677. The number of carbonyl (C=O) groups is 1. The van der Waals surface area contributed by atoms with Crippen molar-refractivity contribution in [3.8, 4) is 0 Å². The molecule has 0 spiro atoms. The van der Waals surface area contributed by atoms with E-state index in [0.717, 1.165) is 17.5 Å². The van der Waals surface area contributed by atoms with Gasteiger partial charge in [-0.25, -0.2) is 4.68 Å². The van der Waals surface area contributed by atoms with Gasteiger partial charge in [-0.3, -0.25) is 4.79 Å². The van der Waals surface area contributed by atoms with E-state index < -0.39 is 0 Å². The molecular formula is C20H23N5O. The van der Waals surface area contributed by atoms with Crippen molar-refractivity contribution in [2.45, 2.75) is 19.5 Å². The van der Waals surface area contributed by atoms with Crippen molar-refractivity contribution in [2.75, 3.05) is 13.1 Å². The van der Waals surface area contributed by atoms with Gasteiger partial charge in [-0.1, -0.05) is 65.9 Å². The Labute approximate surface area is 153 Å². The fourth-order valence-corrected chi connectivity index (χ4v) is 2.74. The lowest BCUT2D eigenvalue weighted by atomic mass is 10.2. The fourth-order valence-electron chi connectivity index (χ4n) is 2.74. The molecule has 0 saturated carbocycles. The number of nitrogens with zero attached hydrogens (tertiary/aromatic N) is 4. The minimum atomic E-state index is -0.124. The van der Waals surface area contributed by atoms with Crippen LogP contribution >= 0.6 is 0 Å². The molecule has 0 fully saturated rings. The van der Waals surface area contributed by atoms with Crippen molar-refractivity contribution < 1.29 is 4.79 Å². The van der Waals surface area contributed by atoms with Gasteiger partial charge in [0.05, 0.1) is 12.7 Å². The van der Waals surface area contributed by atoms with Crippen LogP contribution in [0.25, 0.3) is 0 Å². The largest absolute Gasteiger partial charge is 0.333 e. The Bertz CT molecular complexity index is 816. The Kier molecular flexibility index (Phi) is 6.11. The van der Waals surface area contributed by atoms with Crippen LogP contribution in [0.4, 0.5) is 0 Å². The molecule has 0 saturated heterocycles. The zero-order chi connectivity index (χ0) is 18.2. The first-order valence-electron chi connectivity index (χ1n) is 8.73. The topological polar surface area (TPSA) is 77.0 Å². The number of amides is 1. The van der Waals surface area contributed by atoms with Crippen LogP contribution in [0.5, 0.6) is 0 Å². The summed E-state index contributed by atoms with van der Waals surface area (Å²) >= 11 is 0. The molecule has 0 aliphatic heterocycles. The molecule has 26 heavy (non-hydrogen) atoms. The summed E-state index contributed by atoms with van der Waals surface area (Å²) in [6.45, 7) is 2.25. The maximum atomic E-state index is 12.9. The molecule has 0 atom stereocenters. The Balaban J connectivity index is 1.71. The second kappa shape index (κ2) is 8.92. The van der Waals surface area contributed by atoms with Gasteiger partial charge in [-0.15, -0.1) is 5.10 Å². The van der Waals surface area contributed by atoms with E-state index in [2.05, 4.69) is 10.3 Å². The number of benzene rings is 2. The van der Waals surface area contributed by atoms with E-state index in [1.807, 2.05) is 60.7 Å². The smallest absolute Gasteiger partial charge is 0.276 e. The highest BCUT2D eigenvalue weighted by Gasteiger charge is 2.19. The van der Waals surface area contributed by atoms with E-state index in [1.165, 1.54) is 0 Å². The lowest BCUT2D eigenvalue weighted by molar-refractivity contribution is 0.0736. The molecule has 6 heteroatoms. The van der Waals surface area contributed by atoms with Crippen molar-refractivity contribution in [3.05, 3.63) is 83.7 Å². The van der Waals surface area contributed by atoms with Gasteiger partial charge in [-0.2, -0.15) is 0 Å². The molecule has 3 rings (SSSR count). The van der Waals surface area contributed by atoms with Gasteiger partial charge < -0.3 is 10.6 Å². The third-order valence-electron chi connectivity index (χ3n) is 4.08. The highest BCUT2D eigenvalue weighted by Crippen LogP contribution is 2.10. The van der Waals surface area contributed by atoms with E-state index in [4.69, 9.17) is 5.73 Å². The zero-order valence-electron chi connectivity index (χ0n) is 14.7. The molecule has 6 nitrogen and oxygen atoms in total. The highest BCUT2D eigenvalue weighted by atomic mass is 16.2. The molecular weight excluding hydrogens is 326 g/mol. The van der Waals surface area contributed by atoms with Crippen molar-refractivity contribution in [3.63, 3.8) is 0 Å². The van der Waals surface area contributed by atoms with Gasteiger partial charge in [-0.05, 0) is 24.1 Å². The van der Waals surface area contributed by atoms with Crippen LogP contribution in [0, 0.1) is 0 Å². The molecule has 2 aromatic carbocycles. The number of carbonyl (C=O) groups excluding carboxylic acids is 1. The van der Waals surface area contributed by atoms with Crippen LogP contribution in [-0.2, 0) is 13.1 Å². The minimum absolute atomic E-state index is 0.124. The minimum Gasteiger partial charge on any atom is -0.333 e. The highest BCUT2D eigenvalue weighted by molar-refractivity contribution is 5.91. The molecule has 2 N–H and O–H groups in total. The summed E-state index contributed by atoms with van der Waals surface area (Å²) in [5.74, 6) is -0.124. The number of hydrogen-bond acceptors (Lipinski definition) is 4. The Hall–Kier alpha value is -2.99. The predicted octanol–water partition coefficient (Wildman–Crippen LogP) is 2.32. The molecule has 3 aromatic rings. The van der Waals surface area contributed by atoms with Gasteiger partial charge in [0.1, 0.15) is 0 Å². The van der Waals surface area contributed by atoms with E-state index in [1.54, 1.807) is 15.8 Å². The summed E-state index contributed by atoms with van der Waals surface area (Å²) in [5.41, 5.74) is 8.17. The number of rotatable bonds is 8. The number of hydrogen-bond donors (Lipinski definition) is 1. The van der Waals surface area contributed by atoms with Gasteiger partial charge in [0, 0.05) is 13.1 Å². The van der Waals surface area contributed by atoms with Gasteiger partial charge >= 0.3 is 0 Å². The van der Waals surface area contributed by atoms with Crippen LogP contribution in [0.3, 0.4) is 0 Å². The Morgan fingerprint density at radius 3 is 2.31 bits per heavy atom. The van der Waals surface area contributed by atoms with E-state index in [9.17, 15) is 4.79 Å². The van der Waals surface area contributed by atoms with E-state index in [-0.39, 0.29) is 5.91 Å². The standard InChI is InChI=1S/C20H23N5O/c21-12-7-13-24(14-17-8-3-1-4-9-17)20(26)19-16-25(23-22-19)15-18-10-5-2-6-11-18/h1-6,8-11,16H,7,12-15,21H2. The van der Waals surface area contributed by atoms with Crippen LogP contribution < -0.4 is 5.73 Å². The molecule has 0 aliphatic rings. The summed E-state index contributed by atoms with van der Waals surface area (Å²) < 4.78 is 1.69. The zero-order valence-corrected chi connectivity index (χ0v) is 14.7. The third kappa shape index (κ3) is 4.77. The Morgan fingerprint density at radius 1 is 1.00 bits per heavy atom. The first-order chi connectivity index (χ1) is 12.8. The summed E-state index contributed by atoms with van der Waals surface area (Å²) in [4.78, 5) is 14.7. The fraction of sp³-hybridized carbons (Fsp3) is 0.250. The van der Waals surface area contributed by atoms with Crippen LogP contribution in [0.2, 0.25) is 0 Å². The van der Waals surface area contributed by atoms with Gasteiger partial charge in [0.25, 0.3) is 5.91 Å². The molecule has 0 bridgehead atoms. The van der Waals surface area contributed by atoms with Gasteiger partial charge in [0.2, 0.25) is 0 Å². The lowest BCUT2D eigenvalue weighted by Crippen LogP contribution is -2.32. The monoisotopic (exact) mass is 349 g/mol. The SMILES string of the molecule is NCCCN(Cc1ccccc1)C(=O)c1cn(Cc2ccccc2)nn1. The van der Waals surface area contributed by atoms with Crippen LogP contribution in [-0.4, -0.2) is 38.9 Å². The molecule has 0 radical (unpaired) electrons. The summed E-state index contributed by atoms with van der Waals surface area (Å²) in [6, 6.07) is 19.9. The van der Waals surface area contributed by atoms with Crippen molar-refractivity contribution in [2.24, 2.45) is 5.73 Å². The second-order valence-electron chi connectivity index (χ2n) is 6.14. The second-order valence-corrected chi connectivity index (χ2v) is 6.14. The maximum absolute atomic E-state index is 12.9. The molecule has 1 amide bonds. The average molecular weight is 349 g/mol. The summed E-state index contributed by atoms with van der Waals surface area (Å²) in [5, 5.41) is 8.17. The van der Waals surface area contributed by atoms with Crippen molar-refractivity contribution >= 4 is 5.91 Å². The first-order valence-corrected chi connectivity index (χ1v) is 8.73. The molecule has 1 heterocycles. The molecule has 0 aliphatic carbocycles. The maximum Gasteiger partial charge on any atom is 0.276 e. The molecule has 0 unspecified atom stereocenters. The van der Waals surface area contributed by atoms with E-state index in [0.29, 0.717) is 31.9 Å². The van der Waals surface area contributed by atoms with Crippen molar-refractivity contribution in [1.29, 1.82) is 0 Å².